The van der Waals surface area contributed by atoms with Crippen molar-refractivity contribution >= 4 is 5.97 Å². The molecule has 2 rings (SSSR count). The van der Waals surface area contributed by atoms with Crippen LogP contribution in [0.2, 0.25) is 0 Å². The Morgan fingerprint density at radius 2 is 1.64 bits per heavy atom. The lowest BCUT2D eigenvalue weighted by molar-refractivity contribution is -0.150. The van der Waals surface area contributed by atoms with Gasteiger partial charge in [0.05, 0.1) is 12.0 Å². The molecule has 4 heteroatoms. The van der Waals surface area contributed by atoms with Crippen molar-refractivity contribution in [2.24, 2.45) is 0 Å². The van der Waals surface area contributed by atoms with E-state index in [0.29, 0.717) is 5.82 Å². The van der Waals surface area contributed by atoms with E-state index in [-0.39, 0.29) is 18.0 Å². The van der Waals surface area contributed by atoms with Crippen LogP contribution in [0, 0.1) is 0 Å². The van der Waals surface area contributed by atoms with Crippen LogP contribution >= 0.6 is 0 Å². The largest absolute Gasteiger partial charge is 0.462 e. The maximum Gasteiger partial charge on any atom is 0.313 e. The lowest BCUT2D eigenvalue weighted by Gasteiger charge is -2.17. The summed E-state index contributed by atoms with van der Waals surface area (Å²) in [7, 11) is 0. The number of carbonyl (C=O) groups excluding carboxylic acids is 1. The van der Waals surface area contributed by atoms with Gasteiger partial charge >= 0.3 is 5.97 Å². The molecule has 0 N–H and O–H groups in total. The van der Waals surface area contributed by atoms with E-state index in [1.165, 1.54) is 19.3 Å². The molecule has 4 nitrogen and oxygen atoms in total. The lowest BCUT2D eigenvalue weighted by Crippen LogP contribution is -2.19. The second-order valence-electron chi connectivity index (χ2n) is 7.61. The highest BCUT2D eigenvalue weighted by Gasteiger charge is 2.19. The number of unbranched alkanes of at least 4 members (excludes halogenated alkanes) is 3. The average molecular weight is 383 g/mol. The third-order valence-electron chi connectivity index (χ3n) is 5.05. The molecule has 0 aliphatic rings. The summed E-state index contributed by atoms with van der Waals surface area (Å²) in [5, 5.41) is 0. The third kappa shape index (κ3) is 6.74. The van der Waals surface area contributed by atoms with E-state index in [1.54, 1.807) is 0 Å². The number of esters is 1. The number of nitrogens with zero attached hydrogens (tertiary/aromatic N) is 2. The zero-order chi connectivity index (χ0) is 20.4. The number of carbonyl (C=O) groups is 1. The molecule has 1 aromatic heterocycles. The second kappa shape index (κ2) is 11.6. The first-order valence-corrected chi connectivity index (χ1v) is 10.7. The molecular formula is C24H34N2O2. The van der Waals surface area contributed by atoms with Crippen LogP contribution in [-0.2, 0) is 16.0 Å². The van der Waals surface area contributed by atoms with E-state index in [9.17, 15) is 4.79 Å². The van der Waals surface area contributed by atoms with Crippen molar-refractivity contribution in [2.45, 2.75) is 84.7 Å². The Bertz CT molecular complexity index is 710. The molecule has 2 aromatic rings. The van der Waals surface area contributed by atoms with Crippen molar-refractivity contribution in [1.29, 1.82) is 0 Å². The van der Waals surface area contributed by atoms with Crippen molar-refractivity contribution < 1.29 is 9.53 Å². The van der Waals surface area contributed by atoms with Crippen LogP contribution < -0.4 is 0 Å². The molecule has 0 spiro atoms. The summed E-state index contributed by atoms with van der Waals surface area (Å²) >= 11 is 0. The highest BCUT2D eigenvalue weighted by atomic mass is 16.5. The quantitative estimate of drug-likeness (QED) is 0.348. The first-order valence-electron chi connectivity index (χ1n) is 10.7. The lowest BCUT2D eigenvalue weighted by atomic mass is 9.99. The van der Waals surface area contributed by atoms with Gasteiger partial charge in [-0.25, -0.2) is 9.97 Å². The molecular weight excluding hydrogens is 348 g/mol. The van der Waals surface area contributed by atoms with Crippen LogP contribution in [0.5, 0.6) is 0 Å². The van der Waals surface area contributed by atoms with E-state index < -0.39 is 0 Å². The molecule has 0 radical (unpaired) electrons. The van der Waals surface area contributed by atoms with Crippen molar-refractivity contribution in [3.05, 3.63) is 47.8 Å². The Labute approximate surface area is 169 Å². The number of ether oxygens (including phenoxy) is 1. The number of aryl methyl sites for hydroxylation is 1. The number of rotatable bonds is 11. The van der Waals surface area contributed by atoms with Crippen LogP contribution in [0.25, 0.3) is 11.4 Å². The molecule has 0 amide bonds. The fraction of sp³-hybridized carbons (Fsp3) is 0.542. The zero-order valence-electron chi connectivity index (χ0n) is 17.8. The van der Waals surface area contributed by atoms with Gasteiger partial charge in [-0.1, -0.05) is 63.8 Å². The molecule has 1 aromatic carbocycles. The minimum atomic E-state index is -0.278. The molecule has 0 aliphatic carbocycles. The molecule has 1 unspecified atom stereocenters. The van der Waals surface area contributed by atoms with Gasteiger partial charge in [0.1, 0.15) is 0 Å². The van der Waals surface area contributed by atoms with Gasteiger partial charge in [0.2, 0.25) is 0 Å². The van der Waals surface area contributed by atoms with Crippen LogP contribution in [0.4, 0.5) is 0 Å². The molecule has 1 heterocycles. The SMILES string of the molecule is CCCCCCC(C)OC(=O)[C@H](C)c1ccc(-c2ncc(CCC)cn2)cc1. The van der Waals surface area contributed by atoms with Crippen molar-refractivity contribution in [3.63, 3.8) is 0 Å². The summed E-state index contributed by atoms with van der Waals surface area (Å²) in [6.45, 7) is 8.23. The Morgan fingerprint density at radius 3 is 2.25 bits per heavy atom. The van der Waals surface area contributed by atoms with Gasteiger partial charge in [0.15, 0.2) is 5.82 Å². The maximum atomic E-state index is 12.4. The van der Waals surface area contributed by atoms with Gasteiger partial charge in [0.25, 0.3) is 0 Å². The fourth-order valence-electron chi connectivity index (χ4n) is 3.20. The van der Waals surface area contributed by atoms with Crippen molar-refractivity contribution in [1.82, 2.24) is 9.97 Å². The molecule has 152 valence electrons. The molecule has 2 atom stereocenters. The van der Waals surface area contributed by atoms with Crippen LogP contribution in [-0.4, -0.2) is 22.0 Å². The summed E-state index contributed by atoms with van der Waals surface area (Å²) in [6, 6.07) is 7.89. The predicted molar refractivity (Wildman–Crippen MR) is 114 cm³/mol. The summed E-state index contributed by atoms with van der Waals surface area (Å²) in [5.74, 6) is 0.276. The maximum absolute atomic E-state index is 12.4. The molecule has 28 heavy (non-hydrogen) atoms. The highest BCUT2D eigenvalue weighted by Crippen LogP contribution is 2.22. The summed E-state index contributed by atoms with van der Waals surface area (Å²) in [4.78, 5) is 21.4. The van der Waals surface area contributed by atoms with Gasteiger partial charge in [-0.15, -0.1) is 0 Å². The number of aromatic nitrogens is 2. The normalized spacial score (nSPS) is 13.1. The zero-order valence-corrected chi connectivity index (χ0v) is 17.8. The number of hydrogen-bond acceptors (Lipinski definition) is 4. The minimum absolute atomic E-state index is 0.0267. The monoisotopic (exact) mass is 382 g/mol. The van der Waals surface area contributed by atoms with Crippen LogP contribution in [0.15, 0.2) is 36.7 Å². The Balaban J connectivity index is 1.91. The van der Waals surface area contributed by atoms with E-state index in [2.05, 4.69) is 23.8 Å². The summed E-state index contributed by atoms with van der Waals surface area (Å²) < 4.78 is 5.63. The van der Waals surface area contributed by atoms with Gasteiger partial charge in [-0.3, -0.25) is 4.79 Å². The van der Waals surface area contributed by atoms with Gasteiger partial charge in [0, 0.05) is 18.0 Å². The van der Waals surface area contributed by atoms with Crippen LogP contribution in [0.3, 0.4) is 0 Å². The molecule has 0 aliphatic heterocycles. The summed E-state index contributed by atoms with van der Waals surface area (Å²) in [5.41, 5.74) is 3.06. The van der Waals surface area contributed by atoms with Crippen molar-refractivity contribution in [3.8, 4) is 11.4 Å². The first kappa shape index (κ1) is 22.1. The Hall–Kier alpha value is -2.23. The van der Waals surface area contributed by atoms with E-state index in [0.717, 1.165) is 42.4 Å². The van der Waals surface area contributed by atoms with E-state index >= 15 is 0 Å². The average Bonchev–Trinajstić information content (AvgIpc) is 2.71. The topological polar surface area (TPSA) is 52.1 Å². The van der Waals surface area contributed by atoms with E-state index in [1.807, 2.05) is 50.5 Å². The molecule has 0 saturated carbocycles. The highest BCUT2D eigenvalue weighted by molar-refractivity contribution is 5.78. The fourth-order valence-corrected chi connectivity index (χ4v) is 3.20. The van der Waals surface area contributed by atoms with Crippen molar-refractivity contribution in [2.75, 3.05) is 0 Å². The molecule has 0 saturated heterocycles. The number of benzene rings is 1. The van der Waals surface area contributed by atoms with Gasteiger partial charge < -0.3 is 4.74 Å². The molecule has 0 fully saturated rings. The smallest absolute Gasteiger partial charge is 0.313 e. The third-order valence-corrected chi connectivity index (χ3v) is 5.05. The van der Waals surface area contributed by atoms with Gasteiger partial charge in [-0.05, 0) is 44.2 Å². The second-order valence-corrected chi connectivity index (χ2v) is 7.61. The molecule has 0 bridgehead atoms. The van der Waals surface area contributed by atoms with E-state index in [4.69, 9.17) is 4.74 Å². The summed E-state index contributed by atoms with van der Waals surface area (Å²) in [6.07, 6.45) is 11.6. The van der Waals surface area contributed by atoms with Gasteiger partial charge in [-0.2, -0.15) is 0 Å². The first-order chi connectivity index (χ1) is 13.5. The Morgan fingerprint density at radius 1 is 0.964 bits per heavy atom. The minimum Gasteiger partial charge on any atom is -0.462 e. The number of hydrogen-bond donors (Lipinski definition) is 0. The predicted octanol–water partition coefficient (Wildman–Crippen LogP) is 6.10. The van der Waals surface area contributed by atoms with Crippen LogP contribution in [0.1, 0.15) is 83.3 Å². The Kier molecular flexibility index (Phi) is 9.12. The standard InChI is InChI=1S/C24H34N2O2/c1-5-7-8-9-11-18(3)28-24(27)19(4)21-12-14-22(15-13-21)23-25-16-20(10-6-2)17-26-23/h12-19H,5-11H2,1-4H3/t18?,19-/m1/s1.